The summed E-state index contributed by atoms with van der Waals surface area (Å²) in [5.41, 5.74) is 0. The minimum absolute atomic E-state index is 0.0375. The van der Waals surface area contributed by atoms with Crippen molar-refractivity contribution in [3.05, 3.63) is 0 Å². The van der Waals surface area contributed by atoms with Gasteiger partial charge in [-0.25, -0.2) is 4.57 Å². The lowest BCUT2D eigenvalue weighted by atomic mass is 10.3. The maximum Gasteiger partial charge on any atom is 0.472 e. The Labute approximate surface area is 67.3 Å². The molecule has 6 heteroatoms. The first-order chi connectivity index (χ1) is 4.51. The summed E-state index contributed by atoms with van der Waals surface area (Å²) in [7, 11) is -3.68. The van der Waals surface area contributed by atoms with Crippen LogP contribution in [-0.4, -0.2) is 22.4 Å². The summed E-state index contributed by atoms with van der Waals surface area (Å²) in [4.78, 5) is 8.74. The highest BCUT2D eigenvalue weighted by molar-refractivity contribution is 9.09. The second-order valence-corrected chi connectivity index (χ2v) is 4.94. The third kappa shape index (κ3) is 2.04. The van der Waals surface area contributed by atoms with E-state index in [1.165, 1.54) is 0 Å². The van der Waals surface area contributed by atoms with Gasteiger partial charge in [0.05, 0.1) is 6.61 Å². The van der Waals surface area contributed by atoms with Crippen molar-refractivity contribution in [3.63, 3.8) is 0 Å². The molecule has 3 unspecified atom stereocenters. The van der Waals surface area contributed by atoms with Gasteiger partial charge in [-0.1, -0.05) is 22.9 Å². The lowest BCUT2D eigenvalue weighted by molar-refractivity contribution is 0.216. The van der Waals surface area contributed by atoms with E-state index in [-0.39, 0.29) is 17.5 Å². The molecule has 4 nitrogen and oxygen atoms in total. The van der Waals surface area contributed by atoms with Gasteiger partial charge in [0.15, 0.2) is 0 Å². The Kier molecular flexibility index (Phi) is 2.53. The van der Waals surface area contributed by atoms with Gasteiger partial charge in [0.25, 0.3) is 0 Å². The fraction of sp³-hybridized carbons (Fsp3) is 1.00. The normalized spacial score (nSPS) is 43.7. The molecule has 0 bridgehead atoms. The lowest BCUT2D eigenvalue weighted by Crippen LogP contribution is -2.18. The van der Waals surface area contributed by atoms with E-state index < -0.39 is 7.82 Å². The fourth-order valence-corrected chi connectivity index (χ4v) is 2.03. The van der Waals surface area contributed by atoms with Crippen LogP contribution in [0.1, 0.15) is 6.92 Å². The van der Waals surface area contributed by atoms with Crippen LogP contribution in [-0.2, 0) is 13.6 Å². The van der Waals surface area contributed by atoms with Crippen LogP contribution in [0.15, 0.2) is 0 Å². The van der Waals surface area contributed by atoms with E-state index in [1.54, 1.807) is 0 Å². The lowest BCUT2D eigenvalue weighted by Gasteiger charge is -2.07. The molecule has 1 aliphatic heterocycles. The quantitative estimate of drug-likeness (QED) is 0.545. The van der Waals surface area contributed by atoms with Crippen LogP contribution >= 0.6 is 23.8 Å². The van der Waals surface area contributed by atoms with E-state index in [2.05, 4.69) is 25.0 Å². The summed E-state index contributed by atoms with van der Waals surface area (Å²) in [6.07, 6.45) is -0.309. The molecule has 0 aromatic heterocycles. The molecule has 1 aliphatic rings. The van der Waals surface area contributed by atoms with Gasteiger partial charge in [-0.15, -0.1) is 0 Å². The van der Waals surface area contributed by atoms with Crippen LogP contribution in [0.4, 0.5) is 0 Å². The van der Waals surface area contributed by atoms with Crippen LogP contribution in [0.3, 0.4) is 0 Å². The molecular weight excluding hydrogens is 223 g/mol. The van der Waals surface area contributed by atoms with E-state index in [4.69, 9.17) is 4.89 Å². The van der Waals surface area contributed by atoms with Crippen molar-refractivity contribution in [2.45, 2.75) is 17.9 Å². The molecule has 0 aliphatic carbocycles. The van der Waals surface area contributed by atoms with Gasteiger partial charge >= 0.3 is 7.82 Å². The monoisotopic (exact) mass is 230 g/mol. The first-order valence-corrected chi connectivity index (χ1v) is 5.22. The molecular formula is C4H8BrO4P. The minimum Gasteiger partial charge on any atom is -0.302 e. The highest BCUT2D eigenvalue weighted by Gasteiger charge is 2.37. The molecule has 0 aromatic carbocycles. The van der Waals surface area contributed by atoms with Crippen molar-refractivity contribution in [1.82, 2.24) is 0 Å². The number of hydrogen-bond acceptors (Lipinski definition) is 3. The number of rotatable bonds is 1. The number of halogens is 1. The third-order valence-corrected chi connectivity index (χ3v) is 2.79. The largest absolute Gasteiger partial charge is 0.472 e. The van der Waals surface area contributed by atoms with Gasteiger partial charge in [0.2, 0.25) is 0 Å². The van der Waals surface area contributed by atoms with Gasteiger partial charge < -0.3 is 4.89 Å². The molecule has 1 fully saturated rings. The zero-order chi connectivity index (χ0) is 7.78. The van der Waals surface area contributed by atoms with Gasteiger partial charge in [-0.05, 0) is 0 Å². The maximum atomic E-state index is 10.6. The molecule has 0 spiro atoms. The Balaban J connectivity index is 2.51. The van der Waals surface area contributed by atoms with Crippen molar-refractivity contribution in [3.8, 4) is 0 Å². The van der Waals surface area contributed by atoms with E-state index in [0.717, 1.165) is 0 Å². The van der Waals surface area contributed by atoms with Crippen molar-refractivity contribution >= 4 is 23.8 Å². The molecule has 1 heterocycles. The second kappa shape index (κ2) is 2.91. The van der Waals surface area contributed by atoms with Gasteiger partial charge in [-0.2, -0.15) is 0 Å². The van der Waals surface area contributed by atoms with Gasteiger partial charge in [0.1, 0.15) is 6.10 Å². The van der Waals surface area contributed by atoms with Crippen molar-refractivity contribution < 1.29 is 18.5 Å². The van der Waals surface area contributed by atoms with Gasteiger partial charge in [0, 0.05) is 4.83 Å². The average Bonchev–Trinajstić information content (AvgIpc) is 2.10. The maximum absolute atomic E-state index is 10.6. The summed E-state index contributed by atoms with van der Waals surface area (Å²) in [6, 6.07) is 0. The van der Waals surface area contributed by atoms with Crippen molar-refractivity contribution in [2.75, 3.05) is 6.61 Å². The second-order valence-electron chi connectivity index (χ2n) is 2.09. The summed E-state index contributed by atoms with van der Waals surface area (Å²) < 4.78 is 19.7. The zero-order valence-electron chi connectivity index (χ0n) is 5.36. The first kappa shape index (κ1) is 8.68. The molecule has 0 aromatic rings. The molecule has 0 saturated carbocycles. The van der Waals surface area contributed by atoms with Crippen LogP contribution in [0.25, 0.3) is 0 Å². The number of hydrogen-bond donors (Lipinski definition) is 1. The summed E-state index contributed by atoms with van der Waals surface area (Å²) >= 11 is 3.22. The molecule has 0 amide bonds. The highest BCUT2D eigenvalue weighted by Crippen LogP contribution is 2.50. The van der Waals surface area contributed by atoms with Crippen molar-refractivity contribution in [2.24, 2.45) is 0 Å². The Morgan fingerprint density at radius 3 is 2.70 bits per heavy atom. The predicted molar refractivity (Wildman–Crippen MR) is 39.0 cm³/mol. The van der Waals surface area contributed by atoms with Crippen LogP contribution < -0.4 is 0 Å². The minimum atomic E-state index is -3.68. The van der Waals surface area contributed by atoms with Crippen molar-refractivity contribution in [1.29, 1.82) is 0 Å². The number of phosphoric acid groups is 1. The molecule has 1 N–H and O–H groups in total. The SMILES string of the molecule is CC(Br)C1COP(=O)(O)O1. The highest BCUT2D eigenvalue weighted by atomic mass is 79.9. The summed E-state index contributed by atoms with van der Waals surface area (Å²) in [6.45, 7) is 2.01. The average molecular weight is 231 g/mol. The molecule has 60 valence electrons. The Bertz CT molecular complexity index is 171. The predicted octanol–water partition coefficient (Wildman–Crippen LogP) is 1.29. The fourth-order valence-electron chi connectivity index (χ4n) is 0.616. The molecule has 1 saturated heterocycles. The number of phosphoric ester groups is 1. The molecule has 10 heavy (non-hydrogen) atoms. The van der Waals surface area contributed by atoms with Crippen LogP contribution in [0.2, 0.25) is 0 Å². The van der Waals surface area contributed by atoms with Crippen LogP contribution in [0.5, 0.6) is 0 Å². The van der Waals surface area contributed by atoms with E-state index >= 15 is 0 Å². The summed E-state index contributed by atoms with van der Waals surface area (Å²) in [5.74, 6) is 0. The zero-order valence-corrected chi connectivity index (χ0v) is 7.84. The first-order valence-electron chi connectivity index (χ1n) is 2.81. The third-order valence-electron chi connectivity index (χ3n) is 1.18. The molecule has 1 rings (SSSR count). The molecule has 0 radical (unpaired) electrons. The number of alkyl halides is 1. The smallest absolute Gasteiger partial charge is 0.302 e. The van der Waals surface area contributed by atoms with Gasteiger partial charge in [-0.3, -0.25) is 9.05 Å². The Hall–Kier alpha value is 0.590. The molecule has 3 atom stereocenters. The van der Waals surface area contributed by atoms with E-state index in [0.29, 0.717) is 0 Å². The van der Waals surface area contributed by atoms with E-state index in [9.17, 15) is 4.57 Å². The van der Waals surface area contributed by atoms with E-state index in [1.807, 2.05) is 6.92 Å². The topological polar surface area (TPSA) is 55.8 Å². The summed E-state index contributed by atoms with van der Waals surface area (Å²) in [5, 5.41) is 0. The van der Waals surface area contributed by atoms with Crippen LogP contribution in [0, 0.1) is 0 Å². The Morgan fingerprint density at radius 2 is 2.50 bits per heavy atom. The Morgan fingerprint density at radius 1 is 1.90 bits per heavy atom. The standard InChI is InChI=1S/C4H8BrO4P/c1-3(5)4-2-8-10(6,7)9-4/h3-4H,2H2,1H3,(H,6,7).